The molecule has 2 heterocycles. The summed E-state index contributed by atoms with van der Waals surface area (Å²) < 4.78 is 42.5. The fourth-order valence-corrected chi connectivity index (χ4v) is 2.84. The standard InChI is InChI=1S/C12H16F3NO2S/c13-12(14,15)11(17)8-16-3-4-18-9(7-16)6-10-2-1-5-19-10/h1-2,5,9,11,17H,3-4,6-8H2. The number of aliphatic hydroxyl groups excluding tert-OH is 1. The normalized spacial score (nSPS) is 23.5. The molecule has 1 aliphatic heterocycles. The molecule has 1 fully saturated rings. The van der Waals surface area contributed by atoms with Crippen molar-refractivity contribution in [3.8, 4) is 0 Å². The Hall–Kier alpha value is -0.630. The predicted molar refractivity (Wildman–Crippen MR) is 66.3 cm³/mol. The van der Waals surface area contributed by atoms with Crippen molar-refractivity contribution in [2.24, 2.45) is 0 Å². The zero-order valence-corrected chi connectivity index (χ0v) is 11.1. The number of ether oxygens (including phenoxy) is 1. The minimum Gasteiger partial charge on any atom is -0.382 e. The van der Waals surface area contributed by atoms with Crippen LogP contribution in [0.5, 0.6) is 0 Å². The number of alkyl halides is 3. The number of β-amino-alcohol motifs (C(OH)–C–C–N with tert-alkyl or cyclic N) is 1. The third-order valence-corrected chi connectivity index (χ3v) is 3.94. The molecule has 19 heavy (non-hydrogen) atoms. The Labute approximate surface area is 113 Å². The van der Waals surface area contributed by atoms with Crippen molar-refractivity contribution in [3.63, 3.8) is 0 Å². The first-order valence-corrected chi connectivity index (χ1v) is 6.94. The Kier molecular flexibility index (Phi) is 4.83. The predicted octanol–water partition coefficient (Wildman–Crippen LogP) is 1.91. The van der Waals surface area contributed by atoms with Gasteiger partial charge in [-0.25, -0.2) is 0 Å². The van der Waals surface area contributed by atoms with E-state index >= 15 is 0 Å². The van der Waals surface area contributed by atoms with Crippen LogP contribution in [0, 0.1) is 0 Å². The molecule has 1 N–H and O–H groups in total. The van der Waals surface area contributed by atoms with Crippen LogP contribution in [-0.2, 0) is 11.2 Å². The molecular weight excluding hydrogens is 279 g/mol. The van der Waals surface area contributed by atoms with Gasteiger partial charge in [-0.15, -0.1) is 11.3 Å². The van der Waals surface area contributed by atoms with Crippen molar-refractivity contribution in [1.29, 1.82) is 0 Å². The summed E-state index contributed by atoms with van der Waals surface area (Å²) in [5, 5.41) is 11.0. The zero-order chi connectivity index (χ0) is 13.9. The number of morpholine rings is 1. The summed E-state index contributed by atoms with van der Waals surface area (Å²) in [4.78, 5) is 2.77. The summed E-state index contributed by atoms with van der Waals surface area (Å²) in [6.45, 7) is 0.869. The second kappa shape index (κ2) is 6.21. The molecular formula is C12H16F3NO2S. The van der Waals surface area contributed by atoms with Crippen LogP contribution in [0.3, 0.4) is 0 Å². The Morgan fingerprint density at radius 3 is 2.95 bits per heavy atom. The zero-order valence-electron chi connectivity index (χ0n) is 10.3. The second-order valence-corrected chi connectivity index (χ2v) is 5.63. The van der Waals surface area contributed by atoms with Crippen molar-refractivity contribution in [1.82, 2.24) is 4.90 Å². The molecule has 0 bridgehead atoms. The van der Waals surface area contributed by atoms with Gasteiger partial charge in [0.25, 0.3) is 0 Å². The topological polar surface area (TPSA) is 32.7 Å². The number of hydrogen-bond acceptors (Lipinski definition) is 4. The van der Waals surface area contributed by atoms with Gasteiger partial charge < -0.3 is 9.84 Å². The lowest BCUT2D eigenvalue weighted by Crippen LogP contribution is -2.49. The van der Waals surface area contributed by atoms with Crippen LogP contribution in [0.25, 0.3) is 0 Å². The molecule has 3 nitrogen and oxygen atoms in total. The van der Waals surface area contributed by atoms with Gasteiger partial charge in [-0.05, 0) is 11.4 Å². The highest BCUT2D eigenvalue weighted by Crippen LogP contribution is 2.22. The number of nitrogens with zero attached hydrogens (tertiary/aromatic N) is 1. The maximum atomic E-state index is 12.3. The summed E-state index contributed by atoms with van der Waals surface area (Å²) in [5.74, 6) is 0. The van der Waals surface area contributed by atoms with Crippen LogP contribution < -0.4 is 0 Å². The molecule has 7 heteroatoms. The molecule has 1 aromatic rings. The van der Waals surface area contributed by atoms with Crippen molar-refractivity contribution >= 4 is 11.3 Å². The molecule has 1 aliphatic rings. The number of rotatable bonds is 4. The summed E-state index contributed by atoms with van der Waals surface area (Å²) >= 11 is 1.61. The lowest BCUT2D eigenvalue weighted by atomic mass is 10.1. The third kappa shape index (κ3) is 4.45. The van der Waals surface area contributed by atoms with E-state index in [1.165, 1.54) is 0 Å². The number of halogens is 3. The molecule has 0 radical (unpaired) electrons. The van der Waals surface area contributed by atoms with E-state index in [4.69, 9.17) is 9.84 Å². The molecule has 2 unspecified atom stereocenters. The van der Waals surface area contributed by atoms with Gasteiger partial charge in [0.05, 0.1) is 12.7 Å². The van der Waals surface area contributed by atoms with Gasteiger partial charge in [-0.1, -0.05) is 6.07 Å². The maximum absolute atomic E-state index is 12.3. The third-order valence-electron chi connectivity index (χ3n) is 3.04. The number of aliphatic hydroxyl groups is 1. The molecule has 0 spiro atoms. The van der Waals surface area contributed by atoms with Crippen molar-refractivity contribution < 1.29 is 23.0 Å². The van der Waals surface area contributed by atoms with Crippen molar-refractivity contribution in [2.45, 2.75) is 24.8 Å². The number of hydrogen-bond donors (Lipinski definition) is 1. The molecule has 1 aromatic heterocycles. The second-order valence-electron chi connectivity index (χ2n) is 4.59. The quantitative estimate of drug-likeness (QED) is 0.921. The monoisotopic (exact) mass is 295 g/mol. The lowest BCUT2D eigenvalue weighted by Gasteiger charge is -2.34. The van der Waals surface area contributed by atoms with Crippen LogP contribution in [0.2, 0.25) is 0 Å². The molecule has 0 aromatic carbocycles. The largest absolute Gasteiger partial charge is 0.415 e. The van der Waals surface area contributed by atoms with E-state index in [1.54, 1.807) is 16.2 Å². The SMILES string of the molecule is OC(CN1CCOC(Cc2cccs2)C1)C(F)(F)F. The minimum absolute atomic E-state index is 0.104. The Balaban J connectivity index is 1.83. The highest BCUT2D eigenvalue weighted by molar-refractivity contribution is 7.09. The lowest BCUT2D eigenvalue weighted by molar-refractivity contribution is -0.211. The van der Waals surface area contributed by atoms with Gasteiger partial charge >= 0.3 is 6.18 Å². The van der Waals surface area contributed by atoms with Crippen LogP contribution in [0.15, 0.2) is 17.5 Å². The van der Waals surface area contributed by atoms with Crippen molar-refractivity contribution in [2.75, 3.05) is 26.2 Å². The van der Waals surface area contributed by atoms with Gasteiger partial charge in [0.2, 0.25) is 0 Å². The van der Waals surface area contributed by atoms with Gasteiger partial charge in [-0.2, -0.15) is 13.2 Å². The van der Waals surface area contributed by atoms with Crippen molar-refractivity contribution in [3.05, 3.63) is 22.4 Å². The molecule has 0 aliphatic carbocycles. The van der Waals surface area contributed by atoms with E-state index in [-0.39, 0.29) is 12.6 Å². The first-order chi connectivity index (χ1) is 8.95. The summed E-state index contributed by atoms with van der Waals surface area (Å²) in [6.07, 6.45) is -6.24. The van der Waals surface area contributed by atoms with Crippen LogP contribution in [0.4, 0.5) is 13.2 Å². The molecule has 2 rings (SSSR count). The fraction of sp³-hybridized carbons (Fsp3) is 0.667. The molecule has 0 saturated carbocycles. The molecule has 0 amide bonds. The average molecular weight is 295 g/mol. The van der Waals surface area contributed by atoms with E-state index in [0.29, 0.717) is 26.1 Å². The van der Waals surface area contributed by atoms with E-state index < -0.39 is 12.3 Å². The van der Waals surface area contributed by atoms with E-state index in [1.807, 2.05) is 17.5 Å². The highest BCUT2D eigenvalue weighted by atomic mass is 32.1. The number of thiophene rings is 1. The Morgan fingerprint density at radius 2 is 2.32 bits per heavy atom. The van der Waals surface area contributed by atoms with Gasteiger partial charge in [0.15, 0.2) is 6.10 Å². The van der Waals surface area contributed by atoms with Crippen LogP contribution in [-0.4, -0.2) is 54.6 Å². The molecule has 108 valence electrons. The van der Waals surface area contributed by atoms with Crippen LogP contribution >= 0.6 is 11.3 Å². The van der Waals surface area contributed by atoms with Crippen LogP contribution in [0.1, 0.15) is 4.88 Å². The first-order valence-electron chi connectivity index (χ1n) is 6.06. The van der Waals surface area contributed by atoms with E-state index in [9.17, 15) is 13.2 Å². The highest BCUT2D eigenvalue weighted by Gasteiger charge is 2.39. The van der Waals surface area contributed by atoms with Gasteiger partial charge in [0, 0.05) is 30.9 Å². The summed E-state index contributed by atoms with van der Waals surface area (Å²) in [7, 11) is 0. The summed E-state index contributed by atoms with van der Waals surface area (Å²) in [5.41, 5.74) is 0. The van der Waals surface area contributed by atoms with Gasteiger partial charge in [0.1, 0.15) is 0 Å². The molecule has 2 atom stereocenters. The average Bonchev–Trinajstić information content (AvgIpc) is 2.81. The van der Waals surface area contributed by atoms with E-state index in [0.717, 1.165) is 4.88 Å². The minimum atomic E-state index is -4.55. The summed E-state index contributed by atoms with van der Waals surface area (Å²) in [6, 6.07) is 3.92. The fourth-order valence-electron chi connectivity index (χ4n) is 2.07. The maximum Gasteiger partial charge on any atom is 0.415 e. The smallest absolute Gasteiger partial charge is 0.382 e. The van der Waals surface area contributed by atoms with Gasteiger partial charge in [-0.3, -0.25) is 4.90 Å². The Bertz CT molecular complexity index is 383. The Morgan fingerprint density at radius 1 is 1.53 bits per heavy atom. The molecule has 1 saturated heterocycles. The first kappa shape index (κ1) is 14.8. The van der Waals surface area contributed by atoms with E-state index in [2.05, 4.69) is 0 Å².